The van der Waals surface area contributed by atoms with Gasteiger partial charge >= 0.3 is 79.1 Å². The Morgan fingerprint density at radius 1 is 1.09 bits per heavy atom. The molecule has 0 spiro atoms. The van der Waals surface area contributed by atoms with Crippen molar-refractivity contribution in [2.45, 2.75) is 49.5 Å². The van der Waals surface area contributed by atoms with Crippen molar-refractivity contribution >= 4 is 17.7 Å². The van der Waals surface area contributed by atoms with Crippen LogP contribution >= 0.6 is 0 Å². The van der Waals surface area contributed by atoms with Crippen molar-refractivity contribution in [3.63, 3.8) is 0 Å². The molecule has 0 heterocycles. The van der Waals surface area contributed by atoms with E-state index >= 15 is 0 Å². The molecule has 3 aliphatic rings. The minimum atomic E-state index is 0.729. The molecule has 3 fully saturated rings. The molecule has 11 heavy (non-hydrogen) atoms. The summed E-state index contributed by atoms with van der Waals surface area (Å²) >= 11 is 2.51. The predicted octanol–water partition coefficient (Wildman–Crippen LogP) is 2.93. The van der Waals surface area contributed by atoms with Crippen molar-refractivity contribution in [3.05, 3.63) is 0 Å². The maximum atomic E-state index is 2.51. The van der Waals surface area contributed by atoms with Crippen LogP contribution in [0, 0.1) is 11.8 Å². The van der Waals surface area contributed by atoms with Crippen molar-refractivity contribution < 1.29 is 0 Å². The van der Waals surface area contributed by atoms with Gasteiger partial charge in [-0.2, -0.15) is 0 Å². The van der Waals surface area contributed by atoms with Crippen LogP contribution in [0.15, 0.2) is 0 Å². The Kier molecular flexibility index (Phi) is 2.11. The van der Waals surface area contributed by atoms with E-state index in [2.05, 4.69) is 24.6 Å². The molecule has 1 unspecified atom stereocenters. The van der Waals surface area contributed by atoms with E-state index in [1.54, 1.807) is 0 Å². The first-order valence-electron chi connectivity index (χ1n) is 5.21. The summed E-state index contributed by atoms with van der Waals surface area (Å²) in [7, 11) is 0. The van der Waals surface area contributed by atoms with Gasteiger partial charge in [0.25, 0.3) is 0 Å². The number of hydrogen-bond acceptors (Lipinski definition) is 0. The molecular weight excluding hydrogens is 127 g/mol. The van der Waals surface area contributed by atoms with Gasteiger partial charge < -0.3 is 0 Å². The van der Waals surface area contributed by atoms with Crippen molar-refractivity contribution in [3.8, 4) is 0 Å². The van der Waals surface area contributed by atoms with Crippen LogP contribution in [0.2, 0.25) is 4.09 Å². The van der Waals surface area contributed by atoms with E-state index in [9.17, 15) is 0 Å². The van der Waals surface area contributed by atoms with E-state index in [0.29, 0.717) is 0 Å². The normalized spacial score (nSPS) is 50.8. The summed E-state index contributed by atoms with van der Waals surface area (Å²) in [5, 5.41) is 0. The van der Waals surface area contributed by atoms with Gasteiger partial charge in [-0.3, -0.25) is 0 Å². The van der Waals surface area contributed by atoms with E-state index in [1.807, 2.05) is 0 Å². The third-order valence-corrected chi connectivity index (χ3v) is 4.45. The van der Waals surface area contributed by atoms with Gasteiger partial charge in [0.2, 0.25) is 0 Å². The van der Waals surface area contributed by atoms with E-state index < -0.39 is 0 Å². The van der Waals surface area contributed by atoms with Crippen molar-refractivity contribution in [2.24, 2.45) is 11.8 Å². The summed E-state index contributed by atoms with van der Waals surface area (Å²) in [5.41, 5.74) is 0. The van der Waals surface area contributed by atoms with Gasteiger partial charge in [-0.1, -0.05) is 0 Å². The third kappa shape index (κ3) is 1.41. The van der Waals surface area contributed by atoms with E-state index in [0.717, 1.165) is 15.9 Å². The molecule has 3 aliphatic carbocycles. The SMILES string of the molecule is [Li][C]12CCC(CCC1C)CC2. The van der Waals surface area contributed by atoms with Gasteiger partial charge in [0.15, 0.2) is 0 Å². The molecule has 2 bridgehead atoms. The molecule has 3 rings (SSSR count). The first kappa shape index (κ1) is 8.21. The van der Waals surface area contributed by atoms with Crippen molar-refractivity contribution in [1.82, 2.24) is 0 Å². The van der Waals surface area contributed by atoms with E-state index in [4.69, 9.17) is 0 Å². The van der Waals surface area contributed by atoms with Crippen LogP contribution in [0.1, 0.15) is 45.4 Å². The van der Waals surface area contributed by atoms with Crippen molar-refractivity contribution in [1.29, 1.82) is 0 Å². The van der Waals surface area contributed by atoms with Crippen LogP contribution in [0.3, 0.4) is 0 Å². The minimum absolute atomic E-state index is 0.729. The summed E-state index contributed by atoms with van der Waals surface area (Å²) in [5.74, 6) is 2.10. The van der Waals surface area contributed by atoms with Crippen LogP contribution in [0.25, 0.3) is 0 Å². The molecule has 3 saturated carbocycles. The fraction of sp³-hybridized carbons (Fsp3) is 1.00. The molecule has 0 amide bonds. The average Bonchev–Trinajstić information content (AvgIpc) is 2.22. The first-order valence-corrected chi connectivity index (χ1v) is 5.21. The second-order valence-electron chi connectivity index (χ2n) is 5.08. The molecule has 0 aromatic rings. The van der Waals surface area contributed by atoms with Gasteiger partial charge in [0.1, 0.15) is 0 Å². The zero-order valence-corrected chi connectivity index (χ0v) is 7.90. The molecule has 0 radical (unpaired) electrons. The fourth-order valence-electron chi connectivity index (χ4n) is 2.95. The quantitative estimate of drug-likeness (QED) is 0.458. The Hall–Kier alpha value is 0.597. The molecule has 0 nitrogen and oxygen atoms in total. The van der Waals surface area contributed by atoms with Crippen LogP contribution in [-0.4, -0.2) is 17.7 Å². The van der Waals surface area contributed by atoms with Crippen LogP contribution in [-0.2, 0) is 0 Å². The van der Waals surface area contributed by atoms with Gasteiger partial charge in [-0.25, -0.2) is 0 Å². The van der Waals surface area contributed by atoms with Crippen LogP contribution in [0.5, 0.6) is 0 Å². The Labute approximate surface area is 79.3 Å². The molecule has 0 aromatic heterocycles. The van der Waals surface area contributed by atoms with Gasteiger partial charge in [-0.05, 0) is 0 Å². The predicted molar refractivity (Wildman–Crippen MR) is 48.8 cm³/mol. The van der Waals surface area contributed by atoms with Gasteiger partial charge in [0, 0.05) is 0 Å². The fourth-order valence-corrected chi connectivity index (χ4v) is 2.95. The summed E-state index contributed by atoms with van der Waals surface area (Å²) in [4.78, 5) is 0. The van der Waals surface area contributed by atoms with Gasteiger partial charge in [-0.15, -0.1) is 0 Å². The summed E-state index contributed by atoms with van der Waals surface area (Å²) in [6.45, 7) is 2.47. The van der Waals surface area contributed by atoms with E-state index in [-0.39, 0.29) is 0 Å². The second-order valence-corrected chi connectivity index (χ2v) is 5.08. The molecule has 0 saturated heterocycles. The molecule has 1 atom stereocenters. The van der Waals surface area contributed by atoms with Crippen LogP contribution < -0.4 is 0 Å². The first-order chi connectivity index (χ1) is 5.21. The van der Waals surface area contributed by atoms with Crippen LogP contribution in [0.4, 0.5) is 0 Å². The Balaban J connectivity index is 2.18. The van der Waals surface area contributed by atoms with Gasteiger partial charge in [0.05, 0.1) is 0 Å². The Morgan fingerprint density at radius 2 is 1.73 bits per heavy atom. The topological polar surface area (TPSA) is 0 Å². The summed E-state index contributed by atoms with van der Waals surface area (Å²) in [6.07, 6.45) is 9.11. The van der Waals surface area contributed by atoms with E-state index in [1.165, 1.54) is 38.5 Å². The molecule has 1 heteroatoms. The molecule has 0 aliphatic heterocycles. The Morgan fingerprint density at radius 3 is 2.36 bits per heavy atom. The molecule has 0 aromatic carbocycles. The maximum absolute atomic E-state index is 2.51. The third-order valence-electron chi connectivity index (χ3n) is 4.45. The monoisotopic (exact) mass is 144 g/mol. The standard InChI is InChI=1S/C10H17.Li/c1-8-2-3-9-4-6-10(8)7-5-9;/h8-9H,2-7H2,1H3;. The number of hydrogen-bond donors (Lipinski definition) is 0. The number of rotatable bonds is 0. The molecule has 58 valence electrons. The second kappa shape index (κ2) is 2.82. The average molecular weight is 144 g/mol. The summed E-state index contributed by atoms with van der Waals surface area (Å²) < 4.78 is 0.729. The molecule has 0 N–H and O–H groups in total. The Bertz CT molecular complexity index is 142. The zero-order chi connectivity index (χ0) is 7.90. The summed E-state index contributed by atoms with van der Waals surface area (Å²) in [6, 6.07) is 0. The molecular formula is C10H17Li. The number of fused-ring (bicyclic) bond motifs is 4. The van der Waals surface area contributed by atoms with Crippen molar-refractivity contribution in [2.75, 3.05) is 0 Å². The zero-order valence-electron chi connectivity index (χ0n) is 7.90.